The van der Waals surface area contributed by atoms with Crippen molar-refractivity contribution in [1.29, 1.82) is 0 Å². The van der Waals surface area contributed by atoms with Crippen molar-refractivity contribution in [1.82, 2.24) is 0 Å². The molecule has 0 aliphatic carbocycles. The van der Waals surface area contributed by atoms with E-state index in [0.717, 1.165) is 32.1 Å². The SMILES string of the molecule is CC(C)(C)C(=O)C(C)(C)CCCCCCCCCCCOS(=O)(=O)O. The Hall–Kier alpha value is -0.460. The summed E-state index contributed by atoms with van der Waals surface area (Å²) in [5.74, 6) is 0.345. The molecule has 0 radical (unpaired) electrons. The monoisotopic (exact) mass is 378 g/mol. The van der Waals surface area contributed by atoms with Gasteiger partial charge in [-0.25, -0.2) is 4.18 Å². The van der Waals surface area contributed by atoms with E-state index in [0.29, 0.717) is 12.2 Å². The number of hydrogen-bond donors (Lipinski definition) is 1. The smallest absolute Gasteiger partial charge is 0.299 e. The Morgan fingerprint density at radius 2 is 1.20 bits per heavy atom. The maximum atomic E-state index is 12.4. The first-order chi connectivity index (χ1) is 11.4. The zero-order chi connectivity index (χ0) is 19.6. The van der Waals surface area contributed by atoms with Crippen molar-refractivity contribution >= 4 is 16.2 Å². The van der Waals surface area contributed by atoms with Gasteiger partial charge in [0.05, 0.1) is 6.61 Å². The summed E-state index contributed by atoms with van der Waals surface area (Å²) >= 11 is 0. The van der Waals surface area contributed by atoms with Gasteiger partial charge in [0.2, 0.25) is 0 Å². The van der Waals surface area contributed by atoms with E-state index in [1.54, 1.807) is 0 Å². The highest BCUT2D eigenvalue weighted by atomic mass is 32.3. The van der Waals surface area contributed by atoms with E-state index in [9.17, 15) is 13.2 Å². The van der Waals surface area contributed by atoms with Crippen LogP contribution in [0.3, 0.4) is 0 Å². The lowest BCUT2D eigenvalue weighted by Gasteiger charge is -2.30. The average Bonchev–Trinajstić information content (AvgIpc) is 2.45. The van der Waals surface area contributed by atoms with Gasteiger partial charge in [-0.15, -0.1) is 0 Å². The third kappa shape index (κ3) is 13.4. The molecule has 0 aromatic rings. The van der Waals surface area contributed by atoms with E-state index in [2.05, 4.69) is 18.0 Å². The molecule has 0 saturated carbocycles. The van der Waals surface area contributed by atoms with Gasteiger partial charge in [0, 0.05) is 10.8 Å². The Bertz CT molecular complexity index is 475. The van der Waals surface area contributed by atoms with Crippen LogP contribution in [0, 0.1) is 10.8 Å². The predicted octanol–water partition coefficient (Wildman–Crippen LogP) is 5.35. The molecule has 0 aliphatic heterocycles. The lowest BCUT2D eigenvalue weighted by Crippen LogP contribution is -2.34. The number of carbonyl (C=O) groups excluding carboxylic acids is 1. The molecular weight excluding hydrogens is 340 g/mol. The number of unbranched alkanes of at least 4 members (excludes halogenated alkanes) is 8. The van der Waals surface area contributed by atoms with Crippen molar-refractivity contribution in [2.24, 2.45) is 10.8 Å². The molecule has 0 amide bonds. The Labute approximate surface area is 154 Å². The average molecular weight is 379 g/mol. The molecule has 0 rings (SSSR count). The molecular formula is C19H38O5S. The molecule has 0 bridgehead atoms. The second kappa shape index (κ2) is 11.3. The summed E-state index contributed by atoms with van der Waals surface area (Å²) in [5.41, 5.74) is -0.502. The summed E-state index contributed by atoms with van der Waals surface area (Å²) in [6.45, 7) is 10.2. The molecule has 150 valence electrons. The quantitative estimate of drug-likeness (QED) is 0.325. The lowest BCUT2D eigenvalue weighted by atomic mass is 9.72. The van der Waals surface area contributed by atoms with Crippen LogP contribution in [-0.2, 0) is 19.4 Å². The van der Waals surface area contributed by atoms with Crippen LogP contribution < -0.4 is 0 Å². The number of rotatable bonds is 14. The van der Waals surface area contributed by atoms with E-state index in [4.69, 9.17) is 4.55 Å². The fourth-order valence-electron chi connectivity index (χ4n) is 3.20. The molecule has 25 heavy (non-hydrogen) atoms. The summed E-state index contributed by atoms with van der Waals surface area (Å²) in [6, 6.07) is 0. The summed E-state index contributed by atoms with van der Waals surface area (Å²) in [7, 11) is -4.28. The van der Waals surface area contributed by atoms with Gasteiger partial charge in [0.25, 0.3) is 0 Å². The van der Waals surface area contributed by atoms with Gasteiger partial charge in [0.15, 0.2) is 0 Å². The van der Waals surface area contributed by atoms with Crippen LogP contribution in [0.2, 0.25) is 0 Å². The van der Waals surface area contributed by atoms with Crippen LogP contribution in [0.4, 0.5) is 0 Å². The zero-order valence-electron chi connectivity index (χ0n) is 16.8. The Kier molecular flexibility index (Phi) is 11.1. The first-order valence-electron chi connectivity index (χ1n) is 9.53. The second-order valence-corrected chi connectivity index (χ2v) is 9.74. The fraction of sp³-hybridized carbons (Fsp3) is 0.947. The molecule has 0 aliphatic rings. The number of hydrogen-bond acceptors (Lipinski definition) is 4. The van der Waals surface area contributed by atoms with Gasteiger partial charge in [0.1, 0.15) is 5.78 Å². The van der Waals surface area contributed by atoms with Gasteiger partial charge in [-0.3, -0.25) is 9.35 Å². The maximum Gasteiger partial charge on any atom is 0.397 e. The Balaban J connectivity index is 3.55. The van der Waals surface area contributed by atoms with Gasteiger partial charge in [-0.1, -0.05) is 86.0 Å². The van der Waals surface area contributed by atoms with Crippen LogP contribution >= 0.6 is 0 Å². The molecule has 0 fully saturated rings. The summed E-state index contributed by atoms with van der Waals surface area (Å²) in [5, 5.41) is 0. The standard InChI is InChI=1S/C19H38O5S/c1-18(2,3)17(20)19(4,5)15-13-11-9-7-6-8-10-12-14-16-24-25(21,22)23/h6-16H2,1-5H3,(H,21,22,23). The maximum absolute atomic E-state index is 12.4. The van der Waals surface area contributed by atoms with E-state index in [1.165, 1.54) is 25.7 Å². The first-order valence-corrected chi connectivity index (χ1v) is 10.9. The van der Waals surface area contributed by atoms with Crippen LogP contribution in [0.15, 0.2) is 0 Å². The largest absolute Gasteiger partial charge is 0.397 e. The van der Waals surface area contributed by atoms with E-state index in [-0.39, 0.29) is 17.4 Å². The molecule has 5 nitrogen and oxygen atoms in total. The molecule has 0 aromatic carbocycles. The number of ketones is 1. The molecule has 0 heterocycles. The van der Waals surface area contributed by atoms with Gasteiger partial charge < -0.3 is 0 Å². The van der Waals surface area contributed by atoms with E-state index < -0.39 is 10.4 Å². The minimum absolute atomic E-state index is 0.0574. The van der Waals surface area contributed by atoms with Crippen molar-refractivity contribution in [3.63, 3.8) is 0 Å². The third-order valence-corrected chi connectivity index (χ3v) is 4.94. The van der Waals surface area contributed by atoms with Crippen LogP contribution in [0.25, 0.3) is 0 Å². The minimum Gasteiger partial charge on any atom is -0.299 e. The molecule has 0 aromatic heterocycles. The van der Waals surface area contributed by atoms with E-state index >= 15 is 0 Å². The first kappa shape index (κ1) is 24.5. The van der Waals surface area contributed by atoms with Gasteiger partial charge in [-0.05, 0) is 12.8 Å². The summed E-state index contributed by atoms with van der Waals surface area (Å²) in [6.07, 6.45) is 10.6. The van der Waals surface area contributed by atoms with Crippen molar-refractivity contribution in [3.05, 3.63) is 0 Å². The summed E-state index contributed by atoms with van der Waals surface area (Å²) < 4.78 is 33.4. The predicted molar refractivity (Wildman–Crippen MR) is 102 cm³/mol. The molecule has 1 N–H and O–H groups in total. The Morgan fingerprint density at radius 3 is 1.60 bits per heavy atom. The van der Waals surface area contributed by atoms with Crippen LogP contribution in [0.5, 0.6) is 0 Å². The Morgan fingerprint density at radius 1 is 0.800 bits per heavy atom. The van der Waals surface area contributed by atoms with Gasteiger partial charge >= 0.3 is 10.4 Å². The lowest BCUT2D eigenvalue weighted by molar-refractivity contribution is -0.135. The molecule has 0 atom stereocenters. The number of carbonyl (C=O) groups is 1. The molecule has 0 saturated heterocycles. The molecule has 0 unspecified atom stereocenters. The van der Waals surface area contributed by atoms with Crippen LogP contribution in [-0.4, -0.2) is 25.4 Å². The minimum atomic E-state index is -4.28. The third-order valence-electron chi connectivity index (χ3n) is 4.47. The van der Waals surface area contributed by atoms with Crippen molar-refractivity contribution in [2.45, 2.75) is 98.8 Å². The topological polar surface area (TPSA) is 80.7 Å². The van der Waals surface area contributed by atoms with Gasteiger partial charge in [-0.2, -0.15) is 8.42 Å². The highest BCUT2D eigenvalue weighted by molar-refractivity contribution is 7.80. The number of Topliss-reactive ketones (excluding diaryl/α,β-unsaturated/α-hetero) is 1. The van der Waals surface area contributed by atoms with E-state index in [1.807, 2.05) is 20.8 Å². The normalized spacial score (nSPS) is 13.2. The fourth-order valence-corrected chi connectivity index (χ4v) is 3.53. The van der Waals surface area contributed by atoms with Crippen molar-refractivity contribution in [2.75, 3.05) is 6.61 Å². The molecule has 6 heteroatoms. The summed E-state index contributed by atoms with van der Waals surface area (Å²) in [4.78, 5) is 12.4. The van der Waals surface area contributed by atoms with Crippen LogP contribution in [0.1, 0.15) is 98.8 Å². The van der Waals surface area contributed by atoms with Crippen molar-refractivity contribution < 1.29 is 21.9 Å². The van der Waals surface area contributed by atoms with Crippen molar-refractivity contribution in [3.8, 4) is 0 Å². The second-order valence-electron chi connectivity index (χ2n) is 8.64. The highest BCUT2D eigenvalue weighted by Crippen LogP contribution is 2.33. The highest BCUT2D eigenvalue weighted by Gasteiger charge is 2.35. The molecule has 0 spiro atoms. The zero-order valence-corrected chi connectivity index (χ0v) is 17.6.